The van der Waals surface area contributed by atoms with Gasteiger partial charge in [0.15, 0.2) is 11.2 Å². The molecule has 5 atom stereocenters. The van der Waals surface area contributed by atoms with Crippen molar-refractivity contribution < 1.29 is 19.8 Å². The number of quaternary nitrogens is 2. The highest BCUT2D eigenvalue weighted by Gasteiger charge is 2.47. The Hall–Kier alpha value is -1.49. The van der Waals surface area contributed by atoms with Crippen molar-refractivity contribution in [3.8, 4) is 0 Å². The molecule has 0 bridgehead atoms. The molecule has 9 nitrogen and oxygen atoms in total. The Balaban J connectivity index is 1.07. The summed E-state index contributed by atoms with van der Waals surface area (Å²) in [6.45, 7) is 6.48. The fourth-order valence-corrected chi connectivity index (χ4v) is 6.54. The van der Waals surface area contributed by atoms with Crippen molar-refractivity contribution in [3.05, 3.63) is 0 Å². The molecule has 184 valence electrons. The van der Waals surface area contributed by atoms with Gasteiger partial charge in [-0.05, 0) is 37.9 Å². The summed E-state index contributed by atoms with van der Waals surface area (Å²) < 4.78 is 0. The fourth-order valence-electron chi connectivity index (χ4n) is 6.20. The SMILES string of the molecule is O=C1NCC(CCC(=O)N2CCN(C3CCCC[NH2+]3)CC2)[NH+]2CC(NC(=S)NC3CC3)CC12. The van der Waals surface area contributed by atoms with Gasteiger partial charge in [-0.25, -0.2) is 0 Å². The van der Waals surface area contributed by atoms with Crippen molar-refractivity contribution in [3.63, 3.8) is 0 Å². The minimum atomic E-state index is -0.0321. The van der Waals surface area contributed by atoms with E-state index in [1.807, 2.05) is 0 Å². The predicted molar refractivity (Wildman–Crippen MR) is 129 cm³/mol. The molecule has 0 aromatic carbocycles. The lowest BCUT2D eigenvalue weighted by Gasteiger charge is -2.39. The zero-order valence-electron chi connectivity index (χ0n) is 19.7. The highest BCUT2D eigenvalue weighted by molar-refractivity contribution is 7.80. The normalized spacial score (nSPS) is 35.0. The number of nitrogens with zero attached hydrogens (tertiary/aromatic N) is 2. The number of piperazine rings is 2. The maximum atomic E-state index is 13.0. The van der Waals surface area contributed by atoms with Crippen LogP contribution in [-0.2, 0) is 9.59 Å². The third-order valence-electron chi connectivity index (χ3n) is 8.30. The molecule has 4 heterocycles. The summed E-state index contributed by atoms with van der Waals surface area (Å²) in [5, 5.41) is 13.1. The molecule has 33 heavy (non-hydrogen) atoms. The van der Waals surface area contributed by atoms with Gasteiger partial charge >= 0.3 is 0 Å². The molecule has 0 aromatic rings. The van der Waals surface area contributed by atoms with Crippen molar-refractivity contribution in [1.29, 1.82) is 0 Å². The molecule has 4 aliphatic heterocycles. The second-order valence-electron chi connectivity index (χ2n) is 10.6. The van der Waals surface area contributed by atoms with Gasteiger partial charge in [-0.2, -0.15) is 0 Å². The van der Waals surface area contributed by atoms with E-state index < -0.39 is 0 Å². The Kier molecular flexibility index (Phi) is 7.34. The lowest BCUT2D eigenvalue weighted by Crippen LogP contribution is -3.21. The first kappa shape index (κ1) is 23.3. The number of hydrogen-bond donors (Lipinski definition) is 5. The van der Waals surface area contributed by atoms with Gasteiger partial charge in [0.1, 0.15) is 12.2 Å². The summed E-state index contributed by atoms with van der Waals surface area (Å²) >= 11 is 5.45. The van der Waals surface area contributed by atoms with E-state index in [2.05, 4.69) is 31.1 Å². The Bertz CT molecular complexity index is 734. The van der Waals surface area contributed by atoms with Crippen LogP contribution in [0.4, 0.5) is 0 Å². The van der Waals surface area contributed by atoms with Gasteiger partial charge in [0.2, 0.25) is 5.91 Å². The van der Waals surface area contributed by atoms with Crippen molar-refractivity contribution in [2.45, 2.75) is 81.7 Å². The highest BCUT2D eigenvalue weighted by atomic mass is 32.1. The van der Waals surface area contributed by atoms with E-state index in [1.165, 1.54) is 43.5 Å². The van der Waals surface area contributed by atoms with Gasteiger partial charge in [-0.15, -0.1) is 0 Å². The van der Waals surface area contributed by atoms with Crippen LogP contribution < -0.4 is 26.2 Å². The standard InChI is InChI=1S/C23H39N7O2S/c31-21(29-11-9-28(10-12-29)20-3-1-2-8-24-20)7-6-18-14-25-22(32)19-13-17(15-30(18)19)27-23(33)26-16-4-5-16/h16-20,24H,1-15H2,(H,25,32)(H2,26,27,33)/p+2. The molecule has 0 aromatic heterocycles. The average molecular weight is 480 g/mol. The van der Waals surface area contributed by atoms with E-state index >= 15 is 0 Å². The predicted octanol–water partition coefficient (Wildman–Crippen LogP) is -2.87. The number of hydrogen-bond acceptors (Lipinski definition) is 4. The molecule has 5 fully saturated rings. The number of rotatable bonds is 6. The topological polar surface area (TPSA) is 97.8 Å². The van der Waals surface area contributed by atoms with Crippen LogP contribution in [0.5, 0.6) is 0 Å². The molecule has 0 spiro atoms. The Morgan fingerprint density at radius 2 is 1.91 bits per heavy atom. The summed E-state index contributed by atoms with van der Waals surface area (Å²) in [5.74, 6) is 0.424. The average Bonchev–Trinajstić information content (AvgIpc) is 3.54. The van der Waals surface area contributed by atoms with Gasteiger partial charge in [0.25, 0.3) is 5.91 Å². The van der Waals surface area contributed by atoms with Gasteiger partial charge in [-0.1, -0.05) is 0 Å². The minimum Gasteiger partial charge on any atom is -0.360 e. The summed E-state index contributed by atoms with van der Waals surface area (Å²) in [7, 11) is 0. The summed E-state index contributed by atoms with van der Waals surface area (Å²) in [5.41, 5.74) is 0. The minimum absolute atomic E-state index is 0.0321. The number of nitrogens with two attached hydrogens (primary N) is 1. The lowest BCUT2D eigenvalue weighted by molar-refractivity contribution is -0.930. The molecular formula is C23H41N7O2S+2. The molecule has 4 saturated heterocycles. The Morgan fingerprint density at radius 1 is 1.12 bits per heavy atom. The summed E-state index contributed by atoms with van der Waals surface area (Å²) in [6, 6.07) is 1.02. The van der Waals surface area contributed by atoms with E-state index in [9.17, 15) is 9.59 Å². The molecule has 1 aliphatic carbocycles. The monoisotopic (exact) mass is 479 g/mol. The Labute approximate surface area is 202 Å². The first-order valence-electron chi connectivity index (χ1n) is 13.1. The van der Waals surface area contributed by atoms with E-state index in [4.69, 9.17) is 12.2 Å². The third kappa shape index (κ3) is 5.78. The number of nitrogens with one attached hydrogen (secondary N) is 4. The number of amides is 2. The second-order valence-corrected chi connectivity index (χ2v) is 11.0. The zero-order chi connectivity index (χ0) is 22.8. The van der Waals surface area contributed by atoms with E-state index in [0.717, 1.165) is 50.7 Å². The van der Waals surface area contributed by atoms with Gasteiger partial charge in [0, 0.05) is 57.9 Å². The lowest BCUT2D eigenvalue weighted by atomic mass is 10.0. The van der Waals surface area contributed by atoms with E-state index in [1.54, 1.807) is 0 Å². The molecule has 5 rings (SSSR count). The smallest absolute Gasteiger partial charge is 0.278 e. The van der Waals surface area contributed by atoms with Crippen molar-refractivity contribution in [2.75, 3.05) is 45.8 Å². The molecular weight excluding hydrogens is 438 g/mol. The van der Waals surface area contributed by atoms with Crippen LogP contribution in [0.15, 0.2) is 0 Å². The third-order valence-corrected chi connectivity index (χ3v) is 8.53. The van der Waals surface area contributed by atoms with Crippen LogP contribution in [0, 0.1) is 0 Å². The summed E-state index contributed by atoms with van der Waals surface area (Å²) in [6.07, 6.45) is 9.15. The molecule has 5 unspecified atom stereocenters. The number of carbonyl (C=O) groups is 2. The molecule has 1 saturated carbocycles. The molecule has 5 aliphatic rings. The van der Waals surface area contributed by atoms with Crippen molar-refractivity contribution in [2.24, 2.45) is 0 Å². The van der Waals surface area contributed by atoms with Gasteiger partial charge < -0.3 is 31.1 Å². The zero-order valence-corrected chi connectivity index (χ0v) is 20.5. The first-order valence-corrected chi connectivity index (χ1v) is 13.5. The van der Waals surface area contributed by atoms with Crippen molar-refractivity contribution in [1.82, 2.24) is 25.8 Å². The van der Waals surface area contributed by atoms with Gasteiger partial charge in [0.05, 0.1) is 25.7 Å². The van der Waals surface area contributed by atoms with Crippen LogP contribution in [0.25, 0.3) is 0 Å². The number of thiocarbonyl (C=S) groups is 1. The maximum Gasteiger partial charge on any atom is 0.278 e. The summed E-state index contributed by atoms with van der Waals surface area (Å²) in [4.78, 5) is 31.4. The first-order chi connectivity index (χ1) is 16.1. The fraction of sp³-hybridized carbons (Fsp3) is 0.870. The number of carbonyl (C=O) groups excluding carboxylic acids is 2. The van der Waals surface area contributed by atoms with E-state index in [-0.39, 0.29) is 23.9 Å². The molecule has 6 N–H and O–H groups in total. The second kappa shape index (κ2) is 10.4. The van der Waals surface area contributed by atoms with Crippen LogP contribution in [0.1, 0.15) is 51.4 Å². The maximum absolute atomic E-state index is 13.0. The highest BCUT2D eigenvalue weighted by Crippen LogP contribution is 2.18. The van der Waals surface area contributed by atoms with E-state index in [0.29, 0.717) is 31.2 Å². The van der Waals surface area contributed by atoms with Crippen LogP contribution in [0.2, 0.25) is 0 Å². The molecule has 2 amide bonds. The largest absolute Gasteiger partial charge is 0.360 e. The van der Waals surface area contributed by atoms with Gasteiger partial charge in [-0.3, -0.25) is 14.5 Å². The van der Waals surface area contributed by atoms with Crippen LogP contribution in [-0.4, -0.2) is 103 Å². The quantitative estimate of drug-likeness (QED) is 0.263. The van der Waals surface area contributed by atoms with Crippen molar-refractivity contribution >= 4 is 29.1 Å². The number of fused-ring (bicyclic) bond motifs is 1. The number of piperidine rings is 1. The van der Waals surface area contributed by atoms with Crippen LogP contribution in [0.3, 0.4) is 0 Å². The van der Waals surface area contributed by atoms with Crippen LogP contribution >= 0.6 is 12.2 Å². The molecule has 10 heteroatoms. The Morgan fingerprint density at radius 3 is 2.64 bits per heavy atom. The molecule has 0 radical (unpaired) electrons.